The van der Waals surface area contributed by atoms with Crippen LogP contribution in [0.3, 0.4) is 0 Å². The summed E-state index contributed by atoms with van der Waals surface area (Å²) >= 11 is 0. The molecule has 94 valence electrons. The minimum absolute atomic E-state index is 0.233. The average molecular weight is 237 g/mol. The highest BCUT2D eigenvalue weighted by Gasteiger charge is 2.41. The first kappa shape index (κ1) is 12.2. The molecule has 1 amide bonds. The molecule has 0 aromatic rings. The van der Waals surface area contributed by atoms with E-state index in [9.17, 15) is 9.59 Å². The molecule has 2 unspecified atom stereocenters. The molecule has 2 rings (SSSR count). The smallest absolute Gasteiger partial charge is 0.410 e. The molecule has 1 saturated carbocycles. The summed E-state index contributed by atoms with van der Waals surface area (Å²) in [6.07, 6.45) is 1.37. The van der Waals surface area contributed by atoms with Crippen molar-refractivity contribution in [3.63, 3.8) is 0 Å². The maximum atomic E-state index is 11.9. The number of likely N-dealkylation sites (tertiary alicyclic amines) is 1. The van der Waals surface area contributed by atoms with E-state index in [1.807, 2.05) is 26.7 Å². The van der Waals surface area contributed by atoms with Crippen LogP contribution < -0.4 is 0 Å². The van der Waals surface area contributed by atoms with Gasteiger partial charge in [0.1, 0.15) is 11.5 Å². The Bertz CT molecular complexity index is 361. The minimum Gasteiger partial charge on any atom is -0.444 e. The zero-order valence-corrected chi connectivity index (χ0v) is 10.7. The summed E-state index contributed by atoms with van der Waals surface area (Å²) in [6, 6.07) is 0. The Morgan fingerprint density at radius 1 is 1.29 bits per heavy atom. The third kappa shape index (κ3) is 2.70. The molecule has 1 heterocycles. The Morgan fingerprint density at radius 2 is 1.82 bits per heavy atom. The summed E-state index contributed by atoms with van der Waals surface area (Å²) < 4.78 is 5.34. The molecule has 2 aliphatic rings. The molecule has 1 aliphatic carbocycles. The molecule has 2 fully saturated rings. The van der Waals surface area contributed by atoms with Gasteiger partial charge in [0.15, 0.2) is 0 Å². The lowest BCUT2D eigenvalue weighted by atomic mass is 10.0. The highest BCUT2D eigenvalue weighted by atomic mass is 16.6. The van der Waals surface area contributed by atoms with Crippen LogP contribution >= 0.6 is 0 Å². The van der Waals surface area contributed by atoms with Gasteiger partial charge in [0, 0.05) is 18.7 Å². The monoisotopic (exact) mass is 237 g/mol. The molecule has 2 atom stereocenters. The van der Waals surface area contributed by atoms with Crippen molar-refractivity contribution in [1.82, 2.24) is 4.90 Å². The molecule has 1 aliphatic heterocycles. The maximum Gasteiger partial charge on any atom is 0.410 e. The lowest BCUT2D eigenvalue weighted by molar-refractivity contribution is 0.0282. The Hall–Kier alpha value is -1.28. The van der Waals surface area contributed by atoms with E-state index in [0.29, 0.717) is 24.9 Å². The number of ether oxygens (including phenoxy) is 1. The molecule has 1 saturated heterocycles. The zero-order valence-electron chi connectivity index (χ0n) is 10.7. The third-order valence-electron chi connectivity index (χ3n) is 3.39. The van der Waals surface area contributed by atoms with E-state index < -0.39 is 5.60 Å². The summed E-state index contributed by atoms with van der Waals surface area (Å²) in [4.78, 5) is 24.2. The van der Waals surface area contributed by atoms with Crippen LogP contribution in [0, 0.1) is 11.8 Å². The van der Waals surface area contributed by atoms with E-state index in [2.05, 4.69) is 0 Å². The standard InChI is InChI=1S/C13H19NO3/c1-13(2,3)17-12(16)14-6-10-4-9(8-15)5-11(10)7-14/h10-11H,4-7H2,1-3H3. The second kappa shape index (κ2) is 4.19. The van der Waals surface area contributed by atoms with Crippen molar-refractivity contribution in [3.05, 3.63) is 5.57 Å². The first-order valence-electron chi connectivity index (χ1n) is 6.10. The van der Waals surface area contributed by atoms with Crippen LogP contribution in [-0.2, 0) is 9.53 Å². The van der Waals surface area contributed by atoms with E-state index in [0.717, 1.165) is 18.4 Å². The van der Waals surface area contributed by atoms with Crippen LogP contribution in [-0.4, -0.2) is 35.6 Å². The van der Waals surface area contributed by atoms with Crippen molar-refractivity contribution in [2.45, 2.75) is 39.2 Å². The summed E-state index contributed by atoms with van der Waals surface area (Å²) in [7, 11) is 0. The topological polar surface area (TPSA) is 46.6 Å². The van der Waals surface area contributed by atoms with Crippen molar-refractivity contribution in [2.75, 3.05) is 13.1 Å². The summed E-state index contributed by atoms with van der Waals surface area (Å²) in [6.45, 7) is 7.04. The number of allylic oxidation sites excluding steroid dienone is 1. The van der Waals surface area contributed by atoms with Gasteiger partial charge in [0.05, 0.1) is 0 Å². The quantitative estimate of drug-likeness (QED) is 0.605. The van der Waals surface area contributed by atoms with Gasteiger partial charge in [0.25, 0.3) is 0 Å². The number of carbonyl (C=O) groups excluding carboxylic acids is 2. The van der Waals surface area contributed by atoms with Gasteiger partial charge in [-0.15, -0.1) is 0 Å². The Kier molecular flexibility index (Phi) is 3.00. The highest BCUT2D eigenvalue weighted by molar-refractivity contribution is 5.68. The van der Waals surface area contributed by atoms with Crippen LogP contribution in [0.2, 0.25) is 0 Å². The predicted octanol–water partition coefficient (Wildman–Crippen LogP) is 2.02. The lowest BCUT2D eigenvalue weighted by Gasteiger charge is -2.24. The van der Waals surface area contributed by atoms with E-state index in [-0.39, 0.29) is 6.09 Å². The molecular weight excluding hydrogens is 218 g/mol. The summed E-state index contributed by atoms with van der Waals surface area (Å²) in [5.41, 5.74) is 0.437. The molecule has 0 aromatic heterocycles. The van der Waals surface area contributed by atoms with Gasteiger partial charge >= 0.3 is 6.09 Å². The molecule has 0 bridgehead atoms. The SMILES string of the molecule is CC(C)(C)OC(=O)N1CC2CC(=C=O)CC2C1. The van der Waals surface area contributed by atoms with E-state index >= 15 is 0 Å². The van der Waals surface area contributed by atoms with Gasteiger partial charge in [-0.2, -0.15) is 0 Å². The fourth-order valence-electron chi connectivity index (χ4n) is 2.68. The van der Waals surface area contributed by atoms with Crippen LogP contribution in [0.1, 0.15) is 33.6 Å². The highest BCUT2D eigenvalue weighted by Crippen LogP contribution is 2.40. The largest absolute Gasteiger partial charge is 0.444 e. The van der Waals surface area contributed by atoms with Crippen LogP contribution in [0.15, 0.2) is 5.57 Å². The number of nitrogens with zero attached hydrogens (tertiary/aromatic N) is 1. The number of amides is 1. The van der Waals surface area contributed by atoms with Gasteiger partial charge in [-0.25, -0.2) is 9.59 Å². The van der Waals surface area contributed by atoms with Gasteiger partial charge in [-0.3, -0.25) is 0 Å². The fraction of sp³-hybridized carbons (Fsp3) is 0.769. The second-order valence-electron chi connectivity index (χ2n) is 6.02. The van der Waals surface area contributed by atoms with E-state index in [1.165, 1.54) is 0 Å². The van der Waals surface area contributed by atoms with Crippen LogP contribution in [0.4, 0.5) is 4.79 Å². The summed E-state index contributed by atoms with van der Waals surface area (Å²) in [5.74, 6) is 2.87. The van der Waals surface area contributed by atoms with E-state index in [1.54, 1.807) is 4.90 Å². The average Bonchev–Trinajstić information content (AvgIpc) is 2.70. The Labute approximate surface area is 102 Å². The molecule has 4 nitrogen and oxygen atoms in total. The zero-order chi connectivity index (χ0) is 12.6. The summed E-state index contributed by atoms with van der Waals surface area (Å²) in [5, 5.41) is 0. The van der Waals surface area contributed by atoms with Crippen LogP contribution in [0.5, 0.6) is 0 Å². The molecule has 0 spiro atoms. The number of hydrogen-bond donors (Lipinski definition) is 0. The fourth-order valence-corrected chi connectivity index (χ4v) is 2.68. The van der Waals surface area contributed by atoms with E-state index in [4.69, 9.17) is 4.74 Å². The Morgan fingerprint density at radius 3 is 2.24 bits per heavy atom. The van der Waals surface area contributed by atoms with Gasteiger partial charge in [0.2, 0.25) is 0 Å². The number of fused-ring (bicyclic) bond motifs is 1. The van der Waals surface area contributed by atoms with Crippen LogP contribution in [0.25, 0.3) is 0 Å². The molecule has 0 aromatic carbocycles. The molecule has 4 heteroatoms. The number of rotatable bonds is 0. The van der Waals surface area contributed by atoms with Gasteiger partial charge < -0.3 is 9.64 Å². The lowest BCUT2D eigenvalue weighted by Crippen LogP contribution is -2.35. The molecular formula is C13H19NO3. The van der Waals surface area contributed by atoms with Crippen molar-refractivity contribution < 1.29 is 14.3 Å². The second-order valence-corrected chi connectivity index (χ2v) is 6.02. The first-order chi connectivity index (χ1) is 7.89. The number of carbonyl (C=O) groups is 1. The van der Waals surface area contributed by atoms with Crippen molar-refractivity contribution in [2.24, 2.45) is 11.8 Å². The van der Waals surface area contributed by atoms with Gasteiger partial charge in [-0.1, -0.05) is 0 Å². The van der Waals surface area contributed by atoms with Crippen molar-refractivity contribution in [1.29, 1.82) is 0 Å². The number of hydrogen-bond acceptors (Lipinski definition) is 3. The maximum absolute atomic E-state index is 11.9. The first-order valence-corrected chi connectivity index (χ1v) is 6.10. The molecule has 17 heavy (non-hydrogen) atoms. The predicted molar refractivity (Wildman–Crippen MR) is 63.2 cm³/mol. The van der Waals surface area contributed by atoms with Crippen molar-refractivity contribution in [3.8, 4) is 0 Å². The molecule has 0 N–H and O–H groups in total. The Balaban J connectivity index is 1.93. The third-order valence-corrected chi connectivity index (χ3v) is 3.39. The molecule has 0 radical (unpaired) electrons. The van der Waals surface area contributed by atoms with Crippen molar-refractivity contribution >= 4 is 12.0 Å². The minimum atomic E-state index is -0.442. The normalized spacial score (nSPS) is 27.9. The van der Waals surface area contributed by atoms with Gasteiger partial charge in [-0.05, 0) is 45.4 Å².